The minimum Gasteiger partial charge on any atom is -0.335 e. The number of imidazole rings is 1. The van der Waals surface area contributed by atoms with E-state index in [-0.39, 0.29) is 0 Å². The largest absolute Gasteiger partial charge is 0.335 e. The second-order valence-corrected chi connectivity index (χ2v) is 13.6. The van der Waals surface area contributed by atoms with Gasteiger partial charge in [-0.1, -0.05) is 192 Å². The van der Waals surface area contributed by atoms with Gasteiger partial charge in [0.25, 0.3) is 0 Å². The van der Waals surface area contributed by atoms with E-state index in [2.05, 4.69) is 54.9 Å². The van der Waals surface area contributed by atoms with E-state index in [0.717, 1.165) is 25.8 Å². The molecule has 246 valence electrons. The van der Waals surface area contributed by atoms with Crippen LogP contribution in [-0.4, -0.2) is 9.55 Å². The normalized spacial score (nSPS) is 11.5. The van der Waals surface area contributed by atoms with Gasteiger partial charge in [0.2, 0.25) is 0 Å². The lowest BCUT2D eigenvalue weighted by Gasteiger charge is -2.08. The van der Waals surface area contributed by atoms with Crippen molar-refractivity contribution in [3.05, 3.63) is 53.6 Å². The quantitative estimate of drug-likeness (QED) is 0.0796. The highest BCUT2D eigenvalue weighted by molar-refractivity contribution is 5.15. The van der Waals surface area contributed by atoms with E-state index in [0.29, 0.717) is 0 Å². The molecule has 0 atom stereocenters. The van der Waals surface area contributed by atoms with Crippen LogP contribution in [0.3, 0.4) is 0 Å². The van der Waals surface area contributed by atoms with Crippen molar-refractivity contribution < 1.29 is 0 Å². The van der Waals surface area contributed by atoms with E-state index in [1.807, 2.05) is 0 Å². The van der Waals surface area contributed by atoms with Crippen molar-refractivity contribution >= 4 is 0 Å². The molecular formula is C41H72N2. The van der Waals surface area contributed by atoms with Gasteiger partial charge >= 0.3 is 0 Å². The van der Waals surface area contributed by atoms with Gasteiger partial charge in [0.1, 0.15) is 5.82 Å². The molecule has 0 amide bonds. The Bertz CT molecular complexity index is 839. The van der Waals surface area contributed by atoms with Crippen LogP contribution in [0.4, 0.5) is 0 Å². The third kappa shape index (κ3) is 20.9. The molecule has 0 aliphatic rings. The number of hydrogen-bond donors (Lipinski definition) is 0. The second kappa shape index (κ2) is 27.9. The number of benzene rings is 1. The Labute approximate surface area is 269 Å². The molecule has 1 aromatic carbocycles. The fraction of sp³-hybridized carbons (Fsp3) is 0.780. The maximum Gasteiger partial charge on any atom is 0.108 e. The Hall–Kier alpha value is -1.57. The summed E-state index contributed by atoms with van der Waals surface area (Å²) in [7, 11) is 0. The van der Waals surface area contributed by atoms with Crippen LogP contribution >= 0.6 is 0 Å². The van der Waals surface area contributed by atoms with Crippen LogP contribution in [0.25, 0.3) is 0 Å². The van der Waals surface area contributed by atoms with Gasteiger partial charge in [-0.2, -0.15) is 0 Å². The van der Waals surface area contributed by atoms with Gasteiger partial charge in [0.05, 0.1) is 5.69 Å². The van der Waals surface area contributed by atoms with E-state index < -0.39 is 0 Å². The minimum atomic E-state index is 1.10. The molecule has 0 bridgehead atoms. The molecule has 0 spiro atoms. The summed E-state index contributed by atoms with van der Waals surface area (Å²) >= 11 is 0. The molecule has 1 aromatic heterocycles. The monoisotopic (exact) mass is 593 g/mol. The molecule has 1 heterocycles. The van der Waals surface area contributed by atoms with Crippen LogP contribution < -0.4 is 0 Å². The average Bonchev–Trinajstić information content (AvgIpc) is 3.41. The first kappa shape index (κ1) is 37.6. The van der Waals surface area contributed by atoms with E-state index >= 15 is 0 Å². The fourth-order valence-electron chi connectivity index (χ4n) is 6.57. The molecule has 2 rings (SSSR count). The maximum atomic E-state index is 5.17. The van der Waals surface area contributed by atoms with Crippen molar-refractivity contribution in [2.24, 2.45) is 0 Å². The van der Waals surface area contributed by atoms with Crippen molar-refractivity contribution in [1.29, 1.82) is 0 Å². The topological polar surface area (TPSA) is 17.8 Å². The van der Waals surface area contributed by atoms with Crippen LogP contribution in [0, 0.1) is 0 Å². The van der Waals surface area contributed by atoms with Crippen molar-refractivity contribution in [3.8, 4) is 0 Å². The Morgan fingerprint density at radius 3 is 1.37 bits per heavy atom. The Kier molecular flexibility index (Phi) is 24.4. The fourth-order valence-corrected chi connectivity index (χ4v) is 6.57. The zero-order valence-electron chi connectivity index (χ0n) is 29.1. The first-order valence-electron chi connectivity index (χ1n) is 19.4. The predicted molar refractivity (Wildman–Crippen MR) is 191 cm³/mol. The smallest absolute Gasteiger partial charge is 0.108 e. The molecule has 2 heteroatoms. The Balaban J connectivity index is 1.62. The number of aryl methyl sites for hydroxylation is 4. The van der Waals surface area contributed by atoms with Gasteiger partial charge in [-0.05, 0) is 37.7 Å². The van der Waals surface area contributed by atoms with Crippen LogP contribution in [0.2, 0.25) is 0 Å². The van der Waals surface area contributed by atoms with Crippen molar-refractivity contribution in [2.75, 3.05) is 0 Å². The molecule has 0 radical (unpaired) electrons. The summed E-state index contributed by atoms with van der Waals surface area (Å²) in [6.45, 7) is 5.78. The van der Waals surface area contributed by atoms with E-state index in [1.165, 1.54) is 184 Å². The van der Waals surface area contributed by atoms with E-state index in [4.69, 9.17) is 4.98 Å². The van der Waals surface area contributed by atoms with Gasteiger partial charge < -0.3 is 4.57 Å². The predicted octanol–water partition coefficient (Wildman–Crippen LogP) is 13.4. The second-order valence-electron chi connectivity index (χ2n) is 13.6. The van der Waals surface area contributed by atoms with E-state index in [1.54, 1.807) is 0 Å². The van der Waals surface area contributed by atoms with Gasteiger partial charge in [0, 0.05) is 19.2 Å². The molecule has 2 aromatic rings. The third-order valence-corrected chi connectivity index (χ3v) is 9.41. The van der Waals surface area contributed by atoms with Crippen molar-refractivity contribution in [2.45, 2.75) is 207 Å². The number of aromatic nitrogens is 2. The molecule has 43 heavy (non-hydrogen) atoms. The molecule has 2 nitrogen and oxygen atoms in total. The highest BCUT2D eigenvalue weighted by atomic mass is 15.1. The molecule has 0 saturated heterocycles. The van der Waals surface area contributed by atoms with E-state index in [9.17, 15) is 0 Å². The Morgan fingerprint density at radius 2 is 0.884 bits per heavy atom. The Morgan fingerprint density at radius 1 is 0.442 bits per heavy atom. The van der Waals surface area contributed by atoms with Crippen LogP contribution in [0.1, 0.15) is 198 Å². The summed E-state index contributed by atoms with van der Waals surface area (Å²) in [5.74, 6) is 1.36. The van der Waals surface area contributed by atoms with Crippen LogP contribution in [0.5, 0.6) is 0 Å². The third-order valence-electron chi connectivity index (χ3n) is 9.41. The first-order valence-corrected chi connectivity index (χ1v) is 19.4. The highest BCUT2D eigenvalue weighted by Gasteiger charge is 2.09. The van der Waals surface area contributed by atoms with Crippen molar-refractivity contribution in [1.82, 2.24) is 9.55 Å². The van der Waals surface area contributed by atoms with Gasteiger partial charge in [-0.15, -0.1) is 0 Å². The van der Waals surface area contributed by atoms with Crippen molar-refractivity contribution in [3.63, 3.8) is 0 Å². The molecule has 0 aliphatic carbocycles. The van der Waals surface area contributed by atoms with Gasteiger partial charge in [-0.25, -0.2) is 4.98 Å². The molecule has 0 aliphatic heterocycles. The summed E-state index contributed by atoms with van der Waals surface area (Å²) in [6, 6.07) is 10.9. The number of rotatable bonds is 31. The maximum absolute atomic E-state index is 5.17. The lowest BCUT2D eigenvalue weighted by Crippen LogP contribution is -2.03. The summed E-state index contributed by atoms with van der Waals surface area (Å²) in [6.07, 6.45) is 42.4. The zero-order valence-corrected chi connectivity index (χ0v) is 29.1. The highest BCUT2D eigenvalue weighted by Crippen LogP contribution is 2.17. The molecular weight excluding hydrogens is 520 g/mol. The standard InChI is InChI=1S/C41H72N2/c1-3-5-7-9-11-13-15-17-19-21-23-25-30-37-43-38-40(35-31-34-39-32-27-26-28-33-39)42-41(43)36-29-24-22-20-18-16-14-12-10-8-6-4-2/h26-28,32-33,38H,3-25,29-31,34-37H2,1-2H3. The number of unbranched alkanes of at least 4 members (excludes halogenated alkanes) is 23. The van der Waals surface area contributed by atoms with Gasteiger partial charge in [0.15, 0.2) is 0 Å². The number of hydrogen-bond acceptors (Lipinski definition) is 1. The molecule has 0 fully saturated rings. The number of nitrogens with zero attached hydrogens (tertiary/aromatic N) is 2. The molecule has 0 saturated carbocycles. The first-order chi connectivity index (χ1) is 21.3. The minimum absolute atomic E-state index is 1.10. The van der Waals surface area contributed by atoms with Crippen LogP contribution in [-0.2, 0) is 25.8 Å². The van der Waals surface area contributed by atoms with Gasteiger partial charge in [-0.3, -0.25) is 0 Å². The van der Waals surface area contributed by atoms with Crippen LogP contribution in [0.15, 0.2) is 36.5 Å². The summed E-state index contributed by atoms with van der Waals surface area (Å²) in [4.78, 5) is 5.17. The lowest BCUT2D eigenvalue weighted by molar-refractivity contribution is 0.516. The SMILES string of the molecule is CCCCCCCCCCCCCCCn1cc(CCCc2ccccc2)nc1CCCCCCCCCCCCCC. The zero-order chi connectivity index (χ0) is 30.5. The summed E-state index contributed by atoms with van der Waals surface area (Å²) < 4.78 is 2.54. The molecule has 0 unspecified atom stereocenters. The summed E-state index contributed by atoms with van der Waals surface area (Å²) in [5.41, 5.74) is 2.77. The lowest BCUT2D eigenvalue weighted by atomic mass is 10.0. The molecule has 0 N–H and O–H groups in total. The average molecular weight is 593 g/mol. The summed E-state index contributed by atoms with van der Waals surface area (Å²) in [5, 5.41) is 0.